The summed E-state index contributed by atoms with van der Waals surface area (Å²) < 4.78 is 0.847. The van der Waals surface area contributed by atoms with Gasteiger partial charge >= 0.3 is 0 Å². The van der Waals surface area contributed by atoms with Crippen LogP contribution in [0.2, 0.25) is 0 Å². The van der Waals surface area contributed by atoms with E-state index in [1.165, 1.54) is 49.7 Å². The summed E-state index contributed by atoms with van der Waals surface area (Å²) in [5.74, 6) is 1.13. The first-order chi connectivity index (χ1) is 14.3. The SMILES string of the molecule is CO[N+](C)(C)c1ccc(C(c2ccc([N+](C)(C)OC)cc2)C2CCCCCC2)cc1. The maximum atomic E-state index is 5.62. The quantitative estimate of drug-likeness (QED) is 0.313. The van der Waals surface area contributed by atoms with Gasteiger partial charge in [-0.2, -0.15) is 9.29 Å². The summed E-state index contributed by atoms with van der Waals surface area (Å²) in [6.07, 6.45) is 8.07. The Morgan fingerprint density at radius 3 is 1.33 bits per heavy atom. The average molecular weight is 413 g/mol. The van der Waals surface area contributed by atoms with Crippen LogP contribution >= 0.6 is 0 Å². The largest absolute Gasteiger partial charge is 0.201 e. The standard InChI is InChI=1S/C26H40N2O2/c1-27(2,29-5)24-17-13-22(14-18-24)26(21-11-9-7-8-10-12-21)23-15-19-25(20-16-23)28(3,4)30-6/h13-21,26H,7-12H2,1-6H3/q+2. The molecule has 0 aromatic heterocycles. The van der Waals surface area contributed by atoms with Gasteiger partial charge < -0.3 is 0 Å². The van der Waals surface area contributed by atoms with Crippen LogP contribution < -0.4 is 9.29 Å². The molecule has 0 radical (unpaired) electrons. The topological polar surface area (TPSA) is 18.5 Å². The third kappa shape index (κ3) is 5.12. The average Bonchev–Trinajstić information content (AvgIpc) is 3.04. The van der Waals surface area contributed by atoms with Gasteiger partial charge in [0.25, 0.3) is 0 Å². The van der Waals surface area contributed by atoms with E-state index < -0.39 is 0 Å². The summed E-state index contributed by atoms with van der Waals surface area (Å²) in [4.78, 5) is 11.2. The Bertz CT molecular complexity index is 729. The minimum Gasteiger partial charge on any atom is -0.201 e. The molecule has 164 valence electrons. The van der Waals surface area contributed by atoms with Crippen molar-refractivity contribution < 1.29 is 9.68 Å². The Morgan fingerprint density at radius 1 is 0.633 bits per heavy atom. The number of quaternary nitrogens is 2. The van der Waals surface area contributed by atoms with Crippen LogP contribution in [-0.2, 0) is 9.68 Å². The monoisotopic (exact) mass is 412 g/mol. The number of benzene rings is 2. The van der Waals surface area contributed by atoms with Gasteiger partial charge in [-0.1, -0.05) is 49.9 Å². The fourth-order valence-electron chi connectivity index (χ4n) is 4.67. The summed E-state index contributed by atoms with van der Waals surface area (Å²) in [5.41, 5.74) is 5.15. The van der Waals surface area contributed by atoms with Gasteiger partial charge in [-0.05, 0) is 29.9 Å². The van der Waals surface area contributed by atoms with Gasteiger partial charge in [0.15, 0.2) is 11.4 Å². The first-order valence-electron chi connectivity index (χ1n) is 11.3. The van der Waals surface area contributed by atoms with Crippen LogP contribution in [0.15, 0.2) is 48.5 Å². The molecule has 1 aliphatic carbocycles. The zero-order valence-electron chi connectivity index (χ0n) is 19.7. The molecule has 0 atom stereocenters. The summed E-state index contributed by atoms with van der Waals surface area (Å²) >= 11 is 0. The molecule has 1 aliphatic rings. The first-order valence-corrected chi connectivity index (χ1v) is 11.3. The normalized spacial score (nSPS) is 16.6. The van der Waals surface area contributed by atoms with Crippen LogP contribution in [0.5, 0.6) is 0 Å². The molecule has 0 bridgehead atoms. The number of hydrogen-bond acceptors (Lipinski definition) is 2. The summed E-state index contributed by atoms with van der Waals surface area (Å²) in [6.45, 7) is 0. The van der Waals surface area contributed by atoms with E-state index in [2.05, 4.69) is 76.7 Å². The molecule has 0 saturated heterocycles. The molecule has 2 aromatic rings. The van der Waals surface area contributed by atoms with Gasteiger partial charge in [-0.3, -0.25) is 0 Å². The molecule has 30 heavy (non-hydrogen) atoms. The van der Waals surface area contributed by atoms with E-state index >= 15 is 0 Å². The smallest absolute Gasteiger partial charge is 0.164 e. The minimum absolute atomic E-state index is 0.424. The molecule has 1 fully saturated rings. The molecule has 3 rings (SSSR count). The fraction of sp³-hybridized carbons (Fsp3) is 0.538. The molecule has 4 nitrogen and oxygen atoms in total. The van der Waals surface area contributed by atoms with Crippen molar-refractivity contribution in [1.82, 2.24) is 9.29 Å². The van der Waals surface area contributed by atoms with E-state index in [9.17, 15) is 0 Å². The Labute approximate surface area is 183 Å². The van der Waals surface area contributed by atoms with Crippen LogP contribution in [0.1, 0.15) is 55.6 Å². The van der Waals surface area contributed by atoms with E-state index in [0.717, 1.165) is 11.4 Å². The molecular weight excluding hydrogens is 372 g/mol. The van der Waals surface area contributed by atoms with Crippen molar-refractivity contribution >= 4 is 11.4 Å². The molecule has 0 amide bonds. The predicted octanol–water partition coefficient (Wildman–Crippen LogP) is 6.05. The van der Waals surface area contributed by atoms with Crippen molar-refractivity contribution in [3.8, 4) is 0 Å². The summed E-state index contributed by atoms with van der Waals surface area (Å²) in [5, 5.41) is 0. The molecule has 4 heteroatoms. The lowest BCUT2D eigenvalue weighted by atomic mass is 9.77. The highest BCUT2D eigenvalue weighted by molar-refractivity contribution is 5.47. The summed E-state index contributed by atoms with van der Waals surface area (Å²) in [6, 6.07) is 18.1. The molecule has 0 N–H and O–H groups in total. The molecule has 0 aliphatic heterocycles. The zero-order valence-corrected chi connectivity index (χ0v) is 19.7. The highest BCUT2D eigenvalue weighted by Crippen LogP contribution is 2.41. The highest BCUT2D eigenvalue weighted by atomic mass is 16.7. The number of hydrogen-bond donors (Lipinski definition) is 0. The Kier molecular flexibility index (Phi) is 7.35. The molecule has 0 spiro atoms. The molecule has 0 heterocycles. The lowest BCUT2D eigenvalue weighted by Crippen LogP contribution is -2.38. The van der Waals surface area contributed by atoms with E-state index in [1.807, 2.05) is 0 Å². The maximum absolute atomic E-state index is 5.62. The first kappa shape index (κ1) is 23.0. The molecular formula is C26H40N2O2+2. The van der Waals surface area contributed by atoms with Gasteiger partial charge in [0, 0.05) is 30.2 Å². The molecule has 1 saturated carbocycles. The van der Waals surface area contributed by atoms with Crippen molar-refractivity contribution in [3.63, 3.8) is 0 Å². The van der Waals surface area contributed by atoms with E-state index in [1.54, 1.807) is 14.2 Å². The Hall–Kier alpha value is -1.72. The van der Waals surface area contributed by atoms with Crippen LogP contribution in [0, 0.1) is 5.92 Å². The highest BCUT2D eigenvalue weighted by Gasteiger charge is 2.28. The van der Waals surface area contributed by atoms with Gasteiger partial charge in [0.2, 0.25) is 0 Å². The lowest BCUT2D eigenvalue weighted by molar-refractivity contribution is -0.0764. The second kappa shape index (κ2) is 9.61. The third-order valence-electron chi connectivity index (χ3n) is 7.03. The van der Waals surface area contributed by atoms with Crippen LogP contribution in [0.25, 0.3) is 0 Å². The number of nitrogens with zero attached hydrogens (tertiary/aromatic N) is 2. The Morgan fingerprint density at radius 2 is 1.00 bits per heavy atom. The fourth-order valence-corrected chi connectivity index (χ4v) is 4.67. The van der Waals surface area contributed by atoms with Gasteiger partial charge in [0.05, 0.1) is 14.2 Å². The van der Waals surface area contributed by atoms with Gasteiger partial charge in [-0.25, -0.2) is 9.68 Å². The Balaban J connectivity index is 1.97. The second-order valence-corrected chi connectivity index (χ2v) is 9.48. The van der Waals surface area contributed by atoms with Gasteiger partial charge in [0.1, 0.15) is 28.2 Å². The predicted molar refractivity (Wildman–Crippen MR) is 127 cm³/mol. The van der Waals surface area contributed by atoms with Gasteiger partial charge in [-0.15, -0.1) is 0 Å². The molecule has 2 aromatic carbocycles. The van der Waals surface area contributed by atoms with Crippen LogP contribution in [0.4, 0.5) is 11.4 Å². The lowest BCUT2D eigenvalue weighted by Gasteiger charge is -2.29. The van der Waals surface area contributed by atoms with Crippen LogP contribution in [0.3, 0.4) is 0 Å². The van der Waals surface area contributed by atoms with E-state index in [0.29, 0.717) is 21.1 Å². The summed E-state index contributed by atoms with van der Waals surface area (Å²) in [7, 11) is 11.8. The van der Waals surface area contributed by atoms with Crippen molar-refractivity contribution in [2.24, 2.45) is 5.92 Å². The van der Waals surface area contributed by atoms with Crippen molar-refractivity contribution in [3.05, 3.63) is 59.7 Å². The van der Waals surface area contributed by atoms with Crippen molar-refractivity contribution in [2.45, 2.75) is 44.4 Å². The number of hydroxylamine groups is 4. The third-order valence-corrected chi connectivity index (χ3v) is 7.03. The van der Waals surface area contributed by atoms with E-state index in [-0.39, 0.29) is 0 Å². The minimum atomic E-state index is 0.424. The second-order valence-electron chi connectivity index (χ2n) is 9.48. The zero-order chi connectivity index (χ0) is 21.8. The van der Waals surface area contributed by atoms with E-state index in [4.69, 9.17) is 9.68 Å². The van der Waals surface area contributed by atoms with Crippen molar-refractivity contribution in [1.29, 1.82) is 0 Å². The maximum Gasteiger partial charge on any atom is 0.164 e. The van der Waals surface area contributed by atoms with Crippen LogP contribution in [-0.4, -0.2) is 42.4 Å². The van der Waals surface area contributed by atoms with Crippen molar-refractivity contribution in [2.75, 3.05) is 42.4 Å². The number of rotatable bonds is 7. The molecule has 0 unspecified atom stereocenters.